The van der Waals surface area contributed by atoms with Crippen LogP contribution in [0.1, 0.15) is 51.0 Å². The van der Waals surface area contributed by atoms with Gasteiger partial charge in [0.2, 0.25) is 0 Å². The molecule has 1 aliphatic rings. The molecule has 3 heterocycles. The van der Waals surface area contributed by atoms with Crippen LogP contribution in [0.2, 0.25) is 0 Å². The molecule has 1 aromatic carbocycles. The minimum atomic E-state index is -0.208. The lowest BCUT2D eigenvalue weighted by atomic mass is 9.96. The number of carbonyl (C=O) groups is 2. The van der Waals surface area contributed by atoms with Crippen LogP contribution in [0.4, 0.5) is 0 Å². The summed E-state index contributed by atoms with van der Waals surface area (Å²) in [6.07, 6.45) is 6.52. The van der Waals surface area contributed by atoms with Gasteiger partial charge in [-0.05, 0) is 50.1 Å². The van der Waals surface area contributed by atoms with Crippen molar-refractivity contribution in [3.05, 3.63) is 71.6 Å². The number of aromatic nitrogens is 4. The molecule has 0 spiro atoms. The summed E-state index contributed by atoms with van der Waals surface area (Å²) in [4.78, 5) is 43.8. The maximum atomic E-state index is 13.1. The van der Waals surface area contributed by atoms with E-state index in [0.717, 1.165) is 12.8 Å². The van der Waals surface area contributed by atoms with Crippen LogP contribution in [0, 0.1) is 6.92 Å². The van der Waals surface area contributed by atoms with Crippen molar-refractivity contribution < 1.29 is 14.3 Å². The summed E-state index contributed by atoms with van der Waals surface area (Å²) in [6, 6.07) is 8.90. The van der Waals surface area contributed by atoms with Crippen LogP contribution in [0.5, 0.6) is 11.8 Å². The molecule has 1 N–H and O–H groups in total. The number of piperidine rings is 1. The normalized spacial score (nSPS) is 15.8. The molecule has 32 heavy (non-hydrogen) atoms. The predicted molar refractivity (Wildman–Crippen MR) is 117 cm³/mol. The van der Waals surface area contributed by atoms with E-state index in [1.54, 1.807) is 62.9 Å². The molecule has 0 bridgehead atoms. The van der Waals surface area contributed by atoms with Crippen molar-refractivity contribution in [2.75, 3.05) is 20.1 Å². The summed E-state index contributed by atoms with van der Waals surface area (Å²) < 4.78 is 5.59. The van der Waals surface area contributed by atoms with Gasteiger partial charge in [-0.3, -0.25) is 9.59 Å². The molecule has 164 valence electrons. The Morgan fingerprint density at radius 2 is 1.88 bits per heavy atom. The maximum Gasteiger partial charge on any atom is 0.321 e. The highest BCUT2D eigenvalue weighted by molar-refractivity contribution is 5.95. The smallest absolute Gasteiger partial charge is 0.321 e. The molecule has 1 atom stereocenters. The Balaban J connectivity index is 1.43. The van der Waals surface area contributed by atoms with E-state index in [0.29, 0.717) is 41.5 Å². The van der Waals surface area contributed by atoms with E-state index in [2.05, 4.69) is 25.3 Å². The number of aryl methyl sites for hydroxylation is 1. The number of likely N-dealkylation sites (tertiary alicyclic amines) is 1. The first-order chi connectivity index (χ1) is 15.5. The zero-order chi connectivity index (χ0) is 22.5. The van der Waals surface area contributed by atoms with Crippen LogP contribution in [0.25, 0.3) is 0 Å². The Labute approximate surface area is 185 Å². The van der Waals surface area contributed by atoms with E-state index in [1.165, 1.54) is 0 Å². The van der Waals surface area contributed by atoms with Crippen molar-refractivity contribution in [1.29, 1.82) is 0 Å². The van der Waals surface area contributed by atoms with E-state index >= 15 is 0 Å². The second-order valence-corrected chi connectivity index (χ2v) is 7.55. The van der Waals surface area contributed by atoms with Gasteiger partial charge >= 0.3 is 6.01 Å². The quantitative estimate of drug-likeness (QED) is 0.660. The molecular formula is C23H24N6O3. The number of amides is 2. The number of benzene rings is 1. The third kappa shape index (κ3) is 4.72. The second kappa shape index (κ2) is 9.51. The van der Waals surface area contributed by atoms with Gasteiger partial charge in [-0.25, -0.2) is 19.9 Å². The van der Waals surface area contributed by atoms with Crippen LogP contribution in [-0.2, 0) is 0 Å². The number of hydrogen-bond acceptors (Lipinski definition) is 7. The summed E-state index contributed by atoms with van der Waals surface area (Å²) in [5.41, 5.74) is 1.68. The lowest BCUT2D eigenvalue weighted by Gasteiger charge is -2.32. The average molecular weight is 432 g/mol. The number of ether oxygens (including phenoxy) is 1. The SMILES string of the molecule is CNC(=O)c1cnc(C2CCCN(C(=O)c3ccc(Oc4ncccn4)cc3)C2)nc1C. The van der Waals surface area contributed by atoms with Gasteiger partial charge in [-0.2, -0.15) is 0 Å². The highest BCUT2D eigenvalue weighted by atomic mass is 16.5. The van der Waals surface area contributed by atoms with Crippen LogP contribution in [-0.4, -0.2) is 56.8 Å². The van der Waals surface area contributed by atoms with Gasteiger partial charge in [-0.1, -0.05) is 0 Å². The first-order valence-electron chi connectivity index (χ1n) is 10.4. The Kier molecular flexibility index (Phi) is 6.34. The lowest BCUT2D eigenvalue weighted by Crippen LogP contribution is -2.39. The fraction of sp³-hybridized carbons (Fsp3) is 0.304. The molecule has 1 fully saturated rings. The van der Waals surface area contributed by atoms with E-state index in [-0.39, 0.29) is 23.7 Å². The van der Waals surface area contributed by atoms with Crippen LogP contribution < -0.4 is 10.1 Å². The molecule has 0 aliphatic carbocycles. The number of hydrogen-bond donors (Lipinski definition) is 1. The third-order valence-electron chi connectivity index (χ3n) is 5.40. The van der Waals surface area contributed by atoms with Crippen LogP contribution in [0.3, 0.4) is 0 Å². The van der Waals surface area contributed by atoms with Crippen molar-refractivity contribution in [2.45, 2.75) is 25.7 Å². The Morgan fingerprint density at radius 3 is 2.56 bits per heavy atom. The first kappa shape index (κ1) is 21.4. The molecule has 1 aliphatic heterocycles. The molecule has 0 saturated carbocycles. The van der Waals surface area contributed by atoms with Crippen molar-refractivity contribution in [3.63, 3.8) is 0 Å². The highest BCUT2D eigenvalue weighted by Crippen LogP contribution is 2.27. The minimum absolute atomic E-state index is 0.0305. The molecule has 3 aromatic rings. The van der Waals surface area contributed by atoms with Gasteiger partial charge < -0.3 is 15.0 Å². The summed E-state index contributed by atoms with van der Waals surface area (Å²) in [7, 11) is 1.58. The Hall–Kier alpha value is -3.88. The highest BCUT2D eigenvalue weighted by Gasteiger charge is 2.27. The summed E-state index contributed by atoms with van der Waals surface area (Å²) in [5.74, 6) is 1.00. The number of carbonyl (C=O) groups excluding carboxylic acids is 2. The average Bonchev–Trinajstić information content (AvgIpc) is 2.84. The molecule has 9 nitrogen and oxygen atoms in total. The fourth-order valence-electron chi connectivity index (χ4n) is 3.70. The zero-order valence-electron chi connectivity index (χ0n) is 18.0. The second-order valence-electron chi connectivity index (χ2n) is 7.55. The van der Waals surface area contributed by atoms with Gasteiger partial charge in [0.25, 0.3) is 11.8 Å². The molecule has 1 saturated heterocycles. The van der Waals surface area contributed by atoms with Gasteiger partial charge in [0, 0.05) is 50.2 Å². The van der Waals surface area contributed by atoms with E-state index in [9.17, 15) is 9.59 Å². The summed E-state index contributed by atoms with van der Waals surface area (Å²) in [6.45, 7) is 3.01. The molecule has 2 amide bonds. The molecular weight excluding hydrogens is 408 g/mol. The summed E-state index contributed by atoms with van der Waals surface area (Å²) in [5, 5.41) is 2.59. The largest absolute Gasteiger partial charge is 0.424 e. The molecule has 4 rings (SSSR count). The van der Waals surface area contributed by atoms with Crippen LogP contribution in [0.15, 0.2) is 48.9 Å². The zero-order valence-corrected chi connectivity index (χ0v) is 18.0. The van der Waals surface area contributed by atoms with Gasteiger partial charge in [-0.15, -0.1) is 0 Å². The van der Waals surface area contributed by atoms with Crippen molar-refractivity contribution in [1.82, 2.24) is 30.2 Å². The van der Waals surface area contributed by atoms with Crippen LogP contribution >= 0.6 is 0 Å². The number of rotatable bonds is 5. The van der Waals surface area contributed by atoms with Crippen molar-refractivity contribution in [2.24, 2.45) is 0 Å². The van der Waals surface area contributed by atoms with Crippen molar-refractivity contribution >= 4 is 11.8 Å². The van der Waals surface area contributed by atoms with E-state index in [1.807, 2.05) is 4.90 Å². The molecule has 0 radical (unpaired) electrons. The standard InChI is InChI=1S/C23H24N6O3/c1-15-19(21(30)24-2)13-27-20(28-15)17-5-3-12-29(14-17)22(31)16-6-8-18(9-7-16)32-23-25-10-4-11-26-23/h4,6-11,13,17H,3,5,12,14H2,1-2H3,(H,24,30). The van der Waals surface area contributed by atoms with Crippen molar-refractivity contribution in [3.8, 4) is 11.8 Å². The number of nitrogens with one attached hydrogen (secondary N) is 1. The first-order valence-corrected chi connectivity index (χ1v) is 10.4. The van der Waals surface area contributed by atoms with Gasteiger partial charge in [0.1, 0.15) is 11.6 Å². The third-order valence-corrected chi connectivity index (χ3v) is 5.40. The minimum Gasteiger partial charge on any atom is -0.424 e. The van der Waals surface area contributed by atoms with E-state index < -0.39 is 0 Å². The predicted octanol–water partition coefficient (Wildman–Crippen LogP) is 2.75. The topological polar surface area (TPSA) is 110 Å². The van der Waals surface area contributed by atoms with Gasteiger partial charge in [0.15, 0.2) is 0 Å². The molecule has 2 aromatic heterocycles. The lowest BCUT2D eigenvalue weighted by molar-refractivity contribution is 0.0704. The maximum absolute atomic E-state index is 13.1. The number of nitrogens with zero attached hydrogens (tertiary/aromatic N) is 5. The van der Waals surface area contributed by atoms with E-state index in [4.69, 9.17) is 4.74 Å². The molecule has 1 unspecified atom stereocenters. The fourth-order valence-corrected chi connectivity index (χ4v) is 3.70. The summed E-state index contributed by atoms with van der Waals surface area (Å²) >= 11 is 0. The molecule has 9 heteroatoms. The Bertz CT molecular complexity index is 1100. The Morgan fingerprint density at radius 1 is 1.12 bits per heavy atom. The van der Waals surface area contributed by atoms with Gasteiger partial charge in [0.05, 0.1) is 11.3 Å². The monoisotopic (exact) mass is 432 g/mol.